The highest BCUT2D eigenvalue weighted by molar-refractivity contribution is 7.19. The van der Waals surface area contributed by atoms with Crippen molar-refractivity contribution in [2.24, 2.45) is 0 Å². The van der Waals surface area contributed by atoms with Crippen molar-refractivity contribution < 1.29 is 9.53 Å². The van der Waals surface area contributed by atoms with Crippen LogP contribution in [0.1, 0.15) is 18.2 Å². The minimum atomic E-state index is -0.504. The summed E-state index contributed by atoms with van der Waals surface area (Å²) in [6.07, 6.45) is 3.42. The molecule has 3 rings (SSSR count). The molecule has 2 aromatic rings. The Morgan fingerprint density at radius 3 is 2.94 bits per heavy atom. The van der Waals surface area contributed by atoms with E-state index in [2.05, 4.69) is 18.2 Å². The lowest BCUT2D eigenvalue weighted by molar-refractivity contribution is -0.121. The van der Waals surface area contributed by atoms with Gasteiger partial charge in [0.2, 0.25) is 0 Å². The first-order valence-electron chi connectivity index (χ1n) is 5.54. The molecule has 0 saturated heterocycles. The highest BCUT2D eigenvalue weighted by atomic mass is 32.1. The molecular formula is C14H12O2S. The number of carbonyl (C=O) groups is 1. The monoisotopic (exact) mass is 244 g/mol. The van der Waals surface area contributed by atoms with Crippen LogP contribution in [0.5, 0.6) is 0 Å². The predicted molar refractivity (Wildman–Crippen MR) is 69.0 cm³/mol. The molecule has 0 aliphatic carbocycles. The van der Waals surface area contributed by atoms with Gasteiger partial charge in [-0.2, -0.15) is 0 Å². The minimum absolute atomic E-state index is 0.121. The molecule has 2 nitrogen and oxygen atoms in total. The molecule has 1 aromatic carbocycles. The summed E-state index contributed by atoms with van der Waals surface area (Å²) in [5.41, 5.74) is -0.504. The van der Waals surface area contributed by atoms with E-state index in [1.807, 2.05) is 19.1 Å². The fourth-order valence-electron chi connectivity index (χ4n) is 2.08. The van der Waals surface area contributed by atoms with E-state index in [1.165, 1.54) is 22.4 Å². The third-order valence-electron chi connectivity index (χ3n) is 3.04. The van der Waals surface area contributed by atoms with Crippen LogP contribution in [0.3, 0.4) is 0 Å². The van der Waals surface area contributed by atoms with E-state index in [9.17, 15) is 4.79 Å². The second kappa shape index (κ2) is 3.70. The van der Waals surface area contributed by atoms with Gasteiger partial charge in [-0.25, -0.2) is 0 Å². The van der Waals surface area contributed by atoms with Crippen molar-refractivity contribution in [2.45, 2.75) is 18.9 Å². The Morgan fingerprint density at radius 2 is 2.18 bits per heavy atom. The summed E-state index contributed by atoms with van der Waals surface area (Å²) in [7, 11) is 0. The second-order valence-corrected chi connectivity index (χ2v) is 5.53. The number of benzene rings is 1. The van der Waals surface area contributed by atoms with Crippen LogP contribution in [0.2, 0.25) is 0 Å². The molecule has 0 fully saturated rings. The fourth-order valence-corrected chi connectivity index (χ4v) is 3.23. The van der Waals surface area contributed by atoms with Crippen molar-refractivity contribution in [1.29, 1.82) is 0 Å². The molecule has 0 bridgehead atoms. The van der Waals surface area contributed by atoms with Crippen molar-refractivity contribution >= 4 is 27.2 Å². The minimum Gasteiger partial charge on any atom is -0.489 e. The van der Waals surface area contributed by atoms with Crippen LogP contribution in [0.15, 0.2) is 42.7 Å². The summed E-state index contributed by atoms with van der Waals surface area (Å²) in [6.45, 7) is 1.97. The number of hydrogen-bond donors (Lipinski definition) is 0. The van der Waals surface area contributed by atoms with Crippen LogP contribution >= 0.6 is 11.3 Å². The van der Waals surface area contributed by atoms with Crippen molar-refractivity contribution in [3.8, 4) is 0 Å². The smallest absolute Gasteiger partial charge is 0.163 e. The summed E-state index contributed by atoms with van der Waals surface area (Å²) in [5.74, 6) is 0.121. The van der Waals surface area contributed by atoms with Crippen molar-refractivity contribution in [3.63, 3.8) is 0 Å². The van der Waals surface area contributed by atoms with Gasteiger partial charge in [0.25, 0.3) is 0 Å². The number of allylic oxidation sites excluding steroid dienone is 1. The lowest BCUT2D eigenvalue weighted by atomic mass is 9.95. The lowest BCUT2D eigenvalue weighted by Crippen LogP contribution is -2.28. The van der Waals surface area contributed by atoms with Crippen molar-refractivity contribution in [2.75, 3.05) is 0 Å². The Kier molecular flexibility index (Phi) is 2.30. The maximum Gasteiger partial charge on any atom is 0.163 e. The largest absolute Gasteiger partial charge is 0.489 e. The molecule has 1 aromatic heterocycles. The Hall–Kier alpha value is -1.61. The Morgan fingerprint density at radius 1 is 1.35 bits per heavy atom. The molecule has 2 heterocycles. The third kappa shape index (κ3) is 1.76. The summed E-state index contributed by atoms with van der Waals surface area (Å²) in [6, 6.07) is 10.3. The van der Waals surface area contributed by atoms with E-state index in [1.54, 1.807) is 11.3 Å². The van der Waals surface area contributed by atoms with Crippen LogP contribution in [-0.4, -0.2) is 5.78 Å². The van der Waals surface area contributed by atoms with Gasteiger partial charge in [-0.15, -0.1) is 11.3 Å². The number of ketones is 1. The quantitative estimate of drug-likeness (QED) is 0.765. The van der Waals surface area contributed by atoms with Crippen LogP contribution in [-0.2, 0) is 15.1 Å². The number of carbonyl (C=O) groups excluding carboxylic acids is 1. The topological polar surface area (TPSA) is 26.3 Å². The van der Waals surface area contributed by atoms with E-state index in [4.69, 9.17) is 4.74 Å². The number of hydrogen-bond acceptors (Lipinski definition) is 3. The molecular weight excluding hydrogens is 232 g/mol. The zero-order valence-corrected chi connectivity index (χ0v) is 10.3. The first-order valence-corrected chi connectivity index (χ1v) is 6.35. The average Bonchev–Trinajstić information content (AvgIpc) is 2.73. The van der Waals surface area contributed by atoms with E-state index in [-0.39, 0.29) is 5.78 Å². The number of thiophene rings is 1. The second-order valence-electron chi connectivity index (χ2n) is 4.44. The van der Waals surface area contributed by atoms with Crippen LogP contribution in [0.4, 0.5) is 0 Å². The summed E-state index contributed by atoms with van der Waals surface area (Å²) in [5, 5.41) is 1.21. The van der Waals surface area contributed by atoms with Gasteiger partial charge in [0.1, 0.15) is 5.60 Å². The van der Waals surface area contributed by atoms with Crippen LogP contribution < -0.4 is 0 Å². The van der Waals surface area contributed by atoms with E-state index in [0.29, 0.717) is 6.42 Å². The van der Waals surface area contributed by atoms with Gasteiger partial charge in [0.05, 0.1) is 12.7 Å². The molecule has 17 heavy (non-hydrogen) atoms. The zero-order chi connectivity index (χ0) is 11.9. The zero-order valence-electron chi connectivity index (χ0n) is 9.47. The summed E-state index contributed by atoms with van der Waals surface area (Å²) >= 11 is 1.69. The summed E-state index contributed by atoms with van der Waals surface area (Å²) in [4.78, 5) is 12.6. The predicted octanol–water partition coefficient (Wildman–Crippen LogP) is 3.62. The van der Waals surface area contributed by atoms with Crippen molar-refractivity contribution in [1.82, 2.24) is 0 Å². The Balaban J connectivity index is 2.08. The molecule has 0 N–H and O–H groups in total. The van der Waals surface area contributed by atoms with E-state index >= 15 is 0 Å². The molecule has 0 amide bonds. The third-order valence-corrected chi connectivity index (χ3v) is 4.40. The number of rotatable bonds is 1. The standard InChI is InChI=1S/C14H12O2S/c1-14(9-11(15)6-7-16-14)13-8-10-4-2-3-5-12(10)17-13/h2-8H,9H2,1H3. The van der Waals surface area contributed by atoms with Gasteiger partial charge < -0.3 is 4.74 Å². The maximum absolute atomic E-state index is 11.5. The first kappa shape index (κ1) is 10.5. The first-order chi connectivity index (χ1) is 8.17. The van der Waals surface area contributed by atoms with Crippen LogP contribution in [0.25, 0.3) is 10.1 Å². The molecule has 1 aliphatic rings. The summed E-state index contributed by atoms with van der Waals surface area (Å²) < 4.78 is 6.89. The molecule has 0 radical (unpaired) electrons. The molecule has 0 saturated carbocycles. The van der Waals surface area contributed by atoms with Crippen molar-refractivity contribution in [3.05, 3.63) is 47.5 Å². The SMILES string of the molecule is CC1(c2cc3ccccc3s2)CC(=O)C=CO1. The van der Waals surface area contributed by atoms with Gasteiger partial charge in [0.15, 0.2) is 5.78 Å². The van der Waals surface area contributed by atoms with Crippen LogP contribution in [0, 0.1) is 0 Å². The molecule has 1 atom stereocenters. The average molecular weight is 244 g/mol. The highest BCUT2D eigenvalue weighted by Gasteiger charge is 2.34. The Bertz CT molecular complexity index is 578. The molecule has 1 aliphatic heterocycles. The molecule has 1 unspecified atom stereocenters. The van der Waals surface area contributed by atoms with E-state index < -0.39 is 5.60 Å². The van der Waals surface area contributed by atoms with Gasteiger partial charge in [-0.3, -0.25) is 4.79 Å². The molecule has 86 valence electrons. The normalized spacial score (nSPS) is 23.9. The number of ether oxygens (including phenoxy) is 1. The maximum atomic E-state index is 11.5. The molecule has 3 heteroatoms. The highest BCUT2D eigenvalue weighted by Crippen LogP contribution is 2.39. The van der Waals surface area contributed by atoms with Gasteiger partial charge >= 0.3 is 0 Å². The fraction of sp³-hybridized carbons (Fsp3) is 0.214. The Labute approximate surface area is 104 Å². The lowest BCUT2D eigenvalue weighted by Gasteiger charge is -2.29. The van der Waals surface area contributed by atoms with Gasteiger partial charge in [-0.1, -0.05) is 18.2 Å². The van der Waals surface area contributed by atoms with Gasteiger partial charge in [0, 0.05) is 15.7 Å². The molecule has 0 spiro atoms. The number of fused-ring (bicyclic) bond motifs is 1. The van der Waals surface area contributed by atoms with Gasteiger partial charge in [-0.05, 0) is 24.4 Å². The van der Waals surface area contributed by atoms with E-state index in [0.717, 1.165) is 4.88 Å².